The van der Waals surface area contributed by atoms with Crippen LogP contribution in [0.25, 0.3) is 0 Å². The van der Waals surface area contributed by atoms with E-state index in [1.54, 1.807) is 6.07 Å². The third-order valence-corrected chi connectivity index (χ3v) is 5.26. The molecule has 4 nitrogen and oxygen atoms in total. The fourth-order valence-corrected chi connectivity index (χ4v) is 3.76. The number of anilines is 1. The molecule has 6 heteroatoms. The van der Waals surface area contributed by atoms with Crippen molar-refractivity contribution in [1.82, 2.24) is 9.80 Å². The van der Waals surface area contributed by atoms with Crippen LogP contribution in [-0.4, -0.2) is 48.9 Å². The summed E-state index contributed by atoms with van der Waals surface area (Å²) in [5.41, 5.74) is 1.63. The van der Waals surface area contributed by atoms with Crippen LogP contribution in [0.4, 0.5) is 5.69 Å². The highest BCUT2D eigenvalue weighted by Crippen LogP contribution is 2.29. The molecular formula is C19H21BrClN3O. The number of amides is 1. The summed E-state index contributed by atoms with van der Waals surface area (Å²) in [6, 6.07) is 15.1. The van der Waals surface area contributed by atoms with E-state index in [1.165, 1.54) is 0 Å². The summed E-state index contributed by atoms with van der Waals surface area (Å²) in [6.45, 7) is 3.63. The van der Waals surface area contributed by atoms with Crippen LogP contribution in [0.1, 0.15) is 11.6 Å². The predicted molar refractivity (Wildman–Crippen MR) is 106 cm³/mol. The molecular weight excluding hydrogens is 402 g/mol. The molecule has 0 aromatic heterocycles. The lowest BCUT2D eigenvalue weighted by atomic mass is 10.0. The van der Waals surface area contributed by atoms with Gasteiger partial charge in [-0.25, -0.2) is 0 Å². The van der Waals surface area contributed by atoms with E-state index in [4.69, 9.17) is 11.6 Å². The van der Waals surface area contributed by atoms with Crippen LogP contribution in [0.15, 0.2) is 53.0 Å². The normalized spacial score (nSPS) is 17.2. The lowest BCUT2D eigenvalue weighted by molar-refractivity contribution is -0.122. The molecule has 2 aromatic carbocycles. The van der Waals surface area contributed by atoms with E-state index in [1.807, 2.05) is 42.5 Å². The van der Waals surface area contributed by atoms with Gasteiger partial charge in [0.2, 0.25) is 5.91 Å². The molecule has 0 saturated carbocycles. The zero-order chi connectivity index (χ0) is 17.8. The minimum absolute atomic E-state index is 0.0556. The highest BCUT2D eigenvalue weighted by molar-refractivity contribution is 9.10. The van der Waals surface area contributed by atoms with Crippen molar-refractivity contribution >= 4 is 39.1 Å². The number of carbonyl (C=O) groups excluding carboxylic acids is 1. The summed E-state index contributed by atoms with van der Waals surface area (Å²) in [4.78, 5) is 17.6. The quantitative estimate of drug-likeness (QED) is 0.808. The van der Waals surface area contributed by atoms with Gasteiger partial charge >= 0.3 is 0 Å². The second-order valence-corrected chi connectivity index (χ2v) is 7.59. The number of carbonyl (C=O) groups is 1. The first-order chi connectivity index (χ1) is 12.0. The second kappa shape index (κ2) is 8.32. The Morgan fingerprint density at radius 2 is 1.80 bits per heavy atom. The van der Waals surface area contributed by atoms with Crippen molar-refractivity contribution < 1.29 is 4.79 Å². The number of nitrogens with one attached hydrogen (secondary N) is 1. The van der Waals surface area contributed by atoms with Crippen molar-refractivity contribution in [2.75, 3.05) is 38.5 Å². The van der Waals surface area contributed by atoms with E-state index in [0.29, 0.717) is 10.7 Å². The Bertz CT molecular complexity index is 733. The maximum absolute atomic E-state index is 13.1. The molecule has 3 rings (SSSR count). The third-order valence-electron chi connectivity index (χ3n) is 4.46. The number of hydrogen-bond acceptors (Lipinski definition) is 3. The average Bonchev–Trinajstić information content (AvgIpc) is 2.60. The molecule has 0 aliphatic carbocycles. The Morgan fingerprint density at radius 3 is 2.44 bits per heavy atom. The smallest absolute Gasteiger partial charge is 0.246 e. The number of benzene rings is 2. The summed E-state index contributed by atoms with van der Waals surface area (Å²) in [6.07, 6.45) is 0. The van der Waals surface area contributed by atoms with Gasteiger partial charge in [0.25, 0.3) is 0 Å². The van der Waals surface area contributed by atoms with E-state index in [2.05, 4.69) is 38.1 Å². The van der Waals surface area contributed by atoms with Gasteiger partial charge in [-0.15, -0.1) is 0 Å². The molecule has 1 atom stereocenters. The van der Waals surface area contributed by atoms with Gasteiger partial charge in [-0.1, -0.05) is 57.9 Å². The lowest BCUT2D eigenvalue weighted by Crippen LogP contribution is -2.48. The Labute approximate surface area is 161 Å². The van der Waals surface area contributed by atoms with E-state index >= 15 is 0 Å². The van der Waals surface area contributed by atoms with Crippen molar-refractivity contribution in [1.29, 1.82) is 0 Å². The molecule has 1 aliphatic heterocycles. The van der Waals surface area contributed by atoms with Crippen LogP contribution < -0.4 is 5.32 Å². The van der Waals surface area contributed by atoms with Crippen molar-refractivity contribution in [2.45, 2.75) is 6.04 Å². The second-order valence-electron chi connectivity index (χ2n) is 6.27. The first-order valence-corrected chi connectivity index (χ1v) is 9.45. The Balaban J connectivity index is 1.84. The van der Waals surface area contributed by atoms with Crippen molar-refractivity contribution in [2.24, 2.45) is 0 Å². The van der Waals surface area contributed by atoms with E-state index in [-0.39, 0.29) is 11.9 Å². The van der Waals surface area contributed by atoms with E-state index in [9.17, 15) is 4.79 Å². The lowest BCUT2D eigenvalue weighted by Gasteiger charge is -2.37. The maximum atomic E-state index is 13.1. The minimum Gasteiger partial charge on any atom is -0.323 e. The molecule has 2 aromatic rings. The van der Waals surface area contributed by atoms with Gasteiger partial charge in [0, 0.05) is 30.7 Å². The first kappa shape index (κ1) is 18.4. The number of rotatable bonds is 4. The molecule has 132 valence electrons. The number of halogens is 2. The summed E-state index contributed by atoms with van der Waals surface area (Å²) in [5.74, 6) is -0.0556. The fourth-order valence-electron chi connectivity index (χ4n) is 3.04. The molecule has 1 heterocycles. The highest BCUT2D eigenvalue weighted by Gasteiger charge is 2.30. The molecule has 0 radical (unpaired) electrons. The van der Waals surface area contributed by atoms with Gasteiger partial charge in [-0.2, -0.15) is 0 Å². The monoisotopic (exact) mass is 421 g/mol. The Kier molecular flexibility index (Phi) is 6.12. The van der Waals surface area contributed by atoms with Gasteiger partial charge in [-0.05, 0) is 30.8 Å². The van der Waals surface area contributed by atoms with Crippen LogP contribution >= 0.6 is 27.5 Å². The Morgan fingerprint density at radius 1 is 1.12 bits per heavy atom. The molecule has 1 amide bonds. The summed E-state index contributed by atoms with van der Waals surface area (Å²) < 4.78 is 0.883. The fraction of sp³-hybridized carbons (Fsp3) is 0.316. The molecule has 0 spiro atoms. The van der Waals surface area contributed by atoms with Gasteiger partial charge in [0.15, 0.2) is 0 Å². The van der Waals surface area contributed by atoms with E-state index in [0.717, 1.165) is 36.2 Å². The standard InChI is InChI=1S/C19H21BrClN3O/c1-23-9-11-24(12-10-23)18(14-5-3-2-4-6-14)19(25)22-17-8-7-15(20)13-16(17)21/h2-8,13,18H,9-12H2,1H3,(H,22,25). The average molecular weight is 423 g/mol. The first-order valence-electron chi connectivity index (χ1n) is 8.28. The van der Waals surface area contributed by atoms with Gasteiger partial charge in [0.05, 0.1) is 10.7 Å². The number of likely N-dealkylation sites (N-methyl/N-ethyl adjacent to an activating group) is 1. The highest BCUT2D eigenvalue weighted by atomic mass is 79.9. The summed E-state index contributed by atoms with van der Waals surface area (Å²) >= 11 is 9.65. The number of hydrogen-bond donors (Lipinski definition) is 1. The van der Waals surface area contributed by atoms with Crippen LogP contribution in [0, 0.1) is 0 Å². The molecule has 1 unspecified atom stereocenters. The SMILES string of the molecule is CN1CCN(C(C(=O)Nc2ccc(Br)cc2Cl)c2ccccc2)CC1. The van der Waals surface area contributed by atoms with Crippen LogP contribution in [0.5, 0.6) is 0 Å². The van der Waals surface area contributed by atoms with E-state index < -0.39 is 0 Å². The van der Waals surface area contributed by atoms with Crippen molar-refractivity contribution in [3.8, 4) is 0 Å². The third kappa shape index (κ3) is 4.61. The van der Waals surface area contributed by atoms with Crippen LogP contribution in [0.3, 0.4) is 0 Å². The summed E-state index contributed by atoms with van der Waals surface area (Å²) in [5, 5.41) is 3.52. The Hall–Kier alpha value is -1.40. The molecule has 1 aliphatic rings. The number of piperazine rings is 1. The van der Waals surface area contributed by atoms with Gasteiger partial charge in [0.1, 0.15) is 6.04 Å². The maximum Gasteiger partial charge on any atom is 0.246 e. The van der Waals surface area contributed by atoms with Crippen LogP contribution in [-0.2, 0) is 4.79 Å². The van der Waals surface area contributed by atoms with Crippen molar-refractivity contribution in [3.63, 3.8) is 0 Å². The van der Waals surface area contributed by atoms with Gasteiger partial charge in [-0.3, -0.25) is 9.69 Å². The minimum atomic E-state index is -0.324. The zero-order valence-corrected chi connectivity index (χ0v) is 16.4. The van der Waals surface area contributed by atoms with Gasteiger partial charge < -0.3 is 10.2 Å². The van der Waals surface area contributed by atoms with Crippen molar-refractivity contribution in [3.05, 3.63) is 63.6 Å². The molecule has 1 saturated heterocycles. The molecule has 0 bridgehead atoms. The topological polar surface area (TPSA) is 35.6 Å². The van der Waals surface area contributed by atoms with Crippen LogP contribution in [0.2, 0.25) is 5.02 Å². The molecule has 1 N–H and O–H groups in total. The molecule has 1 fully saturated rings. The zero-order valence-electron chi connectivity index (χ0n) is 14.1. The summed E-state index contributed by atoms with van der Waals surface area (Å²) in [7, 11) is 2.11. The largest absolute Gasteiger partial charge is 0.323 e. The predicted octanol–water partition coefficient (Wildman–Crippen LogP) is 4.03. The number of nitrogens with zero attached hydrogens (tertiary/aromatic N) is 2. The molecule has 25 heavy (non-hydrogen) atoms.